The summed E-state index contributed by atoms with van der Waals surface area (Å²) in [4.78, 5) is 11.4. The molecule has 0 bridgehead atoms. The van der Waals surface area contributed by atoms with Crippen LogP contribution < -0.4 is 0 Å². The highest BCUT2D eigenvalue weighted by atomic mass is 19.4. The number of nitriles is 1. The van der Waals surface area contributed by atoms with E-state index in [4.69, 9.17) is 5.26 Å². The second-order valence-corrected chi connectivity index (χ2v) is 3.29. The number of carbonyl (C=O) groups is 1. The highest BCUT2D eigenvalue weighted by molar-refractivity contribution is 5.99. The summed E-state index contributed by atoms with van der Waals surface area (Å²) in [5.41, 5.74) is -0.698. The van der Waals surface area contributed by atoms with Crippen LogP contribution in [0.5, 0.6) is 0 Å². The average Bonchev–Trinajstić information content (AvgIpc) is 2.26. The Hall–Kier alpha value is -1.83. The summed E-state index contributed by atoms with van der Waals surface area (Å²) in [6, 6.07) is 5.56. The maximum absolute atomic E-state index is 12.2. The molecule has 0 aliphatic heterocycles. The van der Waals surface area contributed by atoms with Crippen LogP contribution in [0.4, 0.5) is 13.2 Å². The van der Waals surface area contributed by atoms with Crippen LogP contribution >= 0.6 is 0 Å². The fourth-order valence-electron chi connectivity index (χ4n) is 1.13. The van der Waals surface area contributed by atoms with E-state index in [1.807, 2.05) is 0 Å². The van der Waals surface area contributed by atoms with E-state index < -0.39 is 23.4 Å². The molecule has 1 rings (SSSR count). The molecule has 84 valence electrons. The SMILES string of the molecule is CC(C#N)C(=O)c1ccc(C(F)(F)F)cc1. The lowest BCUT2D eigenvalue weighted by Gasteiger charge is -2.07. The van der Waals surface area contributed by atoms with E-state index in [1.54, 1.807) is 6.07 Å². The Kier molecular flexibility index (Phi) is 3.33. The molecule has 0 heterocycles. The summed E-state index contributed by atoms with van der Waals surface area (Å²) >= 11 is 0. The van der Waals surface area contributed by atoms with Crippen LogP contribution in [0.2, 0.25) is 0 Å². The van der Waals surface area contributed by atoms with E-state index in [1.165, 1.54) is 6.92 Å². The van der Waals surface area contributed by atoms with Crippen LogP contribution in [-0.2, 0) is 6.18 Å². The zero-order valence-electron chi connectivity index (χ0n) is 8.38. The highest BCUT2D eigenvalue weighted by Crippen LogP contribution is 2.29. The van der Waals surface area contributed by atoms with Crippen molar-refractivity contribution in [1.29, 1.82) is 5.26 Å². The first-order valence-electron chi connectivity index (χ1n) is 4.47. The van der Waals surface area contributed by atoms with Gasteiger partial charge in [-0.2, -0.15) is 18.4 Å². The minimum absolute atomic E-state index is 0.113. The van der Waals surface area contributed by atoms with Gasteiger partial charge in [0, 0.05) is 5.56 Å². The monoisotopic (exact) mass is 227 g/mol. The van der Waals surface area contributed by atoms with Gasteiger partial charge in [0.25, 0.3) is 0 Å². The minimum Gasteiger partial charge on any atom is -0.293 e. The fourth-order valence-corrected chi connectivity index (χ4v) is 1.13. The van der Waals surface area contributed by atoms with Gasteiger partial charge in [0.1, 0.15) is 5.92 Å². The topological polar surface area (TPSA) is 40.9 Å². The van der Waals surface area contributed by atoms with E-state index in [0.717, 1.165) is 24.3 Å². The molecule has 16 heavy (non-hydrogen) atoms. The molecular weight excluding hydrogens is 219 g/mol. The molecule has 1 aromatic carbocycles. The van der Waals surface area contributed by atoms with Gasteiger partial charge in [-0.1, -0.05) is 12.1 Å². The number of hydrogen-bond donors (Lipinski definition) is 0. The van der Waals surface area contributed by atoms with Crippen molar-refractivity contribution < 1.29 is 18.0 Å². The zero-order valence-corrected chi connectivity index (χ0v) is 8.38. The lowest BCUT2D eigenvalue weighted by molar-refractivity contribution is -0.137. The van der Waals surface area contributed by atoms with Crippen molar-refractivity contribution in [2.24, 2.45) is 5.92 Å². The van der Waals surface area contributed by atoms with Gasteiger partial charge in [-0.15, -0.1) is 0 Å². The summed E-state index contributed by atoms with van der Waals surface area (Å²) in [5.74, 6) is -1.33. The number of hydrogen-bond acceptors (Lipinski definition) is 2. The maximum atomic E-state index is 12.2. The third kappa shape index (κ3) is 2.60. The molecule has 0 spiro atoms. The first-order valence-corrected chi connectivity index (χ1v) is 4.47. The van der Waals surface area contributed by atoms with Gasteiger partial charge in [-0.25, -0.2) is 0 Å². The fraction of sp³-hybridized carbons (Fsp3) is 0.273. The van der Waals surface area contributed by atoms with Gasteiger partial charge in [-0.3, -0.25) is 4.79 Å². The third-order valence-corrected chi connectivity index (χ3v) is 2.08. The molecule has 0 amide bonds. The number of nitrogens with zero attached hydrogens (tertiary/aromatic N) is 1. The number of ketones is 1. The van der Waals surface area contributed by atoms with E-state index in [0.29, 0.717) is 0 Å². The molecule has 5 heteroatoms. The first-order chi connectivity index (χ1) is 7.36. The summed E-state index contributed by atoms with van der Waals surface area (Å²) < 4.78 is 36.6. The molecule has 1 unspecified atom stereocenters. The number of Topliss-reactive ketones (excluding diaryl/α,β-unsaturated/α-hetero) is 1. The van der Waals surface area contributed by atoms with Crippen LogP contribution in [0.15, 0.2) is 24.3 Å². The quantitative estimate of drug-likeness (QED) is 0.728. The van der Waals surface area contributed by atoms with Crippen LogP contribution in [0, 0.1) is 17.2 Å². The molecule has 0 aliphatic rings. The summed E-state index contributed by atoms with van der Waals surface area (Å²) in [5, 5.41) is 8.50. The molecule has 0 N–H and O–H groups in total. The second-order valence-electron chi connectivity index (χ2n) is 3.29. The predicted molar refractivity (Wildman–Crippen MR) is 50.6 cm³/mol. The molecule has 1 aromatic rings. The standard InChI is InChI=1S/C11H8F3NO/c1-7(6-15)10(16)8-2-4-9(5-3-8)11(12,13)14/h2-5,7H,1H3. The molecule has 0 fully saturated rings. The Bertz CT molecular complexity index is 428. The van der Waals surface area contributed by atoms with Crippen molar-refractivity contribution in [3.63, 3.8) is 0 Å². The predicted octanol–water partition coefficient (Wildman–Crippen LogP) is 3.05. The van der Waals surface area contributed by atoms with Crippen LogP contribution in [0.3, 0.4) is 0 Å². The molecule has 0 aromatic heterocycles. The Morgan fingerprint density at radius 3 is 2.19 bits per heavy atom. The lowest BCUT2D eigenvalue weighted by atomic mass is 9.99. The Balaban J connectivity index is 2.97. The summed E-state index contributed by atoms with van der Waals surface area (Å²) in [6.45, 7) is 1.40. The third-order valence-electron chi connectivity index (χ3n) is 2.08. The minimum atomic E-state index is -4.41. The Labute approximate surface area is 90.3 Å². The smallest absolute Gasteiger partial charge is 0.293 e. The van der Waals surface area contributed by atoms with Crippen LogP contribution in [0.1, 0.15) is 22.8 Å². The molecule has 0 radical (unpaired) electrons. The molecule has 0 saturated heterocycles. The van der Waals surface area contributed by atoms with Gasteiger partial charge in [0.05, 0.1) is 11.6 Å². The summed E-state index contributed by atoms with van der Waals surface area (Å²) in [6.07, 6.45) is -4.41. The van der Waals surface area contributed by atoms with Gasteiger partial charge < -0.3 is 0 Å². The lowest BCUT2D eigenvalue weighted by Crippen LogP contribution is -2.10. The maximum Gasteiger partial charge on any atom is 0.416 e. The van der Waals surface area contributed by atoms with Crippen molar-refractivity contribution in [2.45, 2.75) is 13.1 Å². The van der Waals surface area contributed by atoms with E-state index in [-0.39, 0.29) is 5.56 Å². The Morgan fingerprint density at radius 2 is 1.81 bits per heavy atom. The number of benzene rings is 1. The molecule has 1 atom stereocenters. The second kappa shape index (κ2) is 4.35. The van der Waals surface area contributed by atoms with Gasteiger partial charge in [0.15, 0.2) is 5.78 Å². The van der Waals surface area contributed by atoms with Crippen LogP contribution in [0.25, 0.3) is 0 Å². The first kappa shape index (κ1) is 12.2. The Morgan fingerprint density at radius 1 is 1.31 bits per heavy atom. The normalized spacial score (nSPS) is 12.9. The number of halogens is 3. The number of carbonyl (C=O) groups excluding carboxylic acids is 1. The largest absolute Gasteiger partial charge is 0.416 e. The van der Waals surface area contributed by atoms with Gasteiger partial charge in [-0.05, 0) is 19.1 Å². The van der Waals surface area contributed by atoms with Crippen LogP contribution in [-0.4, -0.2) is 5.78 Å². The van der Waals surface area contributed by atoms with Gasteiger partial charge >= 0.3 is 6.18 Å². The van der Waals surface area contributed by atoms with Crippen molar-refractivity contribution in [3.05, 3.63) is 35.4 Å². The number of alkyl halides is 3. The zero-order chi connectivity index (χ0) is 12.3. The van der Waals surface area contributed by atoms with Crippen molar-refractivity contribution in [3.8, 4) is 6.07 Å². The van der Waals surface area contributed by atoms with Crippen molar-refractivity contribution in [2.75, 3.05) is 0 Å². The van der Waals surface area contributed by atoms with Crippen molar-refractivity contribution >= 4 is 5.78 Å². The molecule has 2 nitrogen and oxygen atoms in total. The van der Waals surface area contributed by atoms with E-state index in [2.05, 4.69) is 0 Å². The highest BCUT2D eigenvalue weighted by Gasteiger charge is 2.30. The summed E-state index contributed by atoms with van der Waals surface area (Å²) in [7, 11) is 0. The van der Waals surface area contributed by atoms with E-state index >= 15 is 0 Å². The average molecular weight is 227 g/mol. The number of rotatable bonds is 2. The van der Waals surface area contributed by atoms with E-state index in [9.17, 15) is 18.0 Å². The molecule has 0 aliphatic carbocycles. The molecular formula is C11H8F3NO. The van der Waals surface area contributed by atoms with Crippen molar-refractivity contribution in [1.82, 2.24) is 0 Å². The van der Waals surface area contributed by atoms with Gasteiger partial charge in [0.2, 0.25) is 0 Å². The molecule has 0 saturated carbocycles.